The Morgan fingerprint density at radius 3 is 2.61 bits per heavy atom. The first-order valence-electron chi connectivity index (χ1n) is 7.10. The van der Waals surface area contributed by atoms with E-state index in [1.807, 2.05) is 0 Å². The lowest BCUT2D eigenvalue weighted by Crippen LogP contribution is -2.33. The summed E-state index contributed by atoms with van der Waals surface area (Å²) in [7, 11) is 0. The smallest absolute Gasteiger partial charge is 0.00900 e. The Morgan fingerprint density at radius 1 is 1.39 bits per heavy atom. The topological polar surface area (TPSA) is 0 Å². The van der Waals surface area contributed by atoms with Gasteiger partial charge in [-0.15, -0.1) is 0 Å². The molecule has 0 N–H and O–H groups in total. The summed E-state index contributed by atoms with van der Waals surface area (Å²) >= 11 is 2.47. The first-order chi connectivity index (χ1) is 8.38. The summed E-state index contributed by atoms with van der Waals surface area (Å²) < 4.78 is 1.42. The summed E-state index contributed by atoms with van der Waals surface area (Å²) in [4.78, 5) is 0. The Labute approximate surface area is 126 Å². The molecule has 0 saturated heterocycles. The van der Waals surface area contributed by atoms with Crippen LogP contribution in [-0.2, 0) is 0 Å². The zero-order valence-electron chi connectivity index (χ0n) is 12.3. The number of rotatable bonds is 2. The fourth-order valence-corrected chi connectivity index (χ4v) is 4.87. The van der Waals surface area contributed by atoms with Crippen molar-refractivity contribution >= 4 is 22.6 Å². The Morgan fingerprint density at radius 2 is 2.06 bits per heavy atom. The molecular formula is C17H25I. The van der Waals surface area contributed by atoms with E-state index < -0.39 is 0 Å². The molecule has 3 atom stereocenters. The Kier molecular flexibility index (Phi) is 3.84. The molecule has 2 unspecified atom stereocenters. The van der Waals surface area contributed by atoms with Crippen LogP contribution < -0.4 is 0 Å². The average molecular weight is 356 g/mol. The highest BCUT2D eigenvalue weighted by atomic mass is 127. The van der Waals surface area contributed by atoms with Crippen LogP contribution in [0.2, 0.25) is 0 Å². The van der Waals surface area contributed by atoms with Crippen LogP contribution in [0.5, 0.6) is 0 Å². The van der Waals surface area contributed by atoms with Gasteiger partial charge in [0, 0.05) is 3.58 Å². The Balaban J connectivity index is 2.56. The highest BCUT2D eigenvalue weighted by Crippen LogP contribution is 2.65. The second kappa shape index (κ2) is 4.81. The largest absolute Gasteiger partial charge is 0.0911 e. The maximum absolute atomic E-state index is 2.47. The predicted octanol–water partition coefficient (Wildman–Crippen LogP) is 5.90. The minimum Gasteiger partial charge on any atom is -0.0911 e. The van der Waals surface area contributed by atoms with Gasteiger partial charge < -0.3 is 0 Å². The first kappa shape index (κ1) is 14.4. The van der Waals surface area contributed by atoms with Gasteiger partial charge in [-0.3, -0.25) is 0 Å². The molecule has 0 aliphatic heterocycles. The highest BCUT2D eigenvalue weighted by molar-refractivity contribution is 14.1. The van der Waals surface area contributed by atoms with Gasteiger partial charge >= 0.3 is 0 Å². The summed E-state index contributed by atoms with van der Waals surface area (Å²) in [6, 6.07) is 0. The molecule has 0 aromatic carbocycles. The highest BCUT2D eigenvalue weighted by Gasteiger charge is 2.57. The van der Waals surface area contributed by atoms with Gasteiger partial charge in [-0.25, -0.2) is 0 Å². The quantitative estimate of drug-likeness (QED) is 0.427. The van der Waals surface area contributed by atoms with Crippen molar-refractivity contribution < 1.29 is 0 Å². The van der Waals surface area contributed by atoms with Crippen molar-refractivity contribution in [2.24, 2.45) is 22.7 Å². The normalized spacial score (nSPS) is 38.6. The van der Waals surface area contributed by atoms with E-state index in [0.717, 1.165) is 11.8 Å². The summed E-state index contributed by atoms with van der Waals surface area (Å²) in [5, 5.41) is 0. The second-order valence-electron chi connectivity index (χ2n) is 6.45. The van der Waals surface area contributed by atoms with Gasteiger partial charge in [-0.2, -0.15) is 0 Å². The van der Waals surface area contributed by atoms with E-state index in [2.05, 4.69) is 81.5 Å². The molecule has 1 saturated carbocycles. The number of allylic oxidation sites excluding steroid dienone is 6. The number of hydrogen-bond acceptors (Lipinski definition) is 0. The van der Waals surface area contributed by atoms with Crippen molar-refractivity contribution in [1.82, 2.24) is 0 Å². The van der Waals surface area contributed by atoms with Crippen molar-refractivity contribution in [3.63, 3.8) is 0 Å². The van der Waals surface area contributed by atoms with Gasteiger partial charge in [0.15, 0.2) is 0 Å². The number of halogens is 1. The zero-order chi connectivity index (χ0) is 13.6. The van der Waals surface area contributed by atoms with Gasteiger partial charge in [-0.05, 0) is 64.7 Å². The molecule has 2 aliphatic rings. The lowest BCUT2D eigenvalue weighted by molar-refractivity contribution is 0.147. The third kappa shape index (κ3) is 1.85. The van der Waals surface area contributed by atoms with Crippen LogP contribution >= 0.6 is 22.6 Å². The van der Waals surface area contributed by atoms with Crippen molar-refractivity contribution in [2.45, 2.75) is 47.5 Å². The third-order valence-corrected chi connectivity index (χ3v) is 6.29. The van der Waals surface area contributed by atoms with E-state index in [4.69, 9.17) is 0 Å². The van der Waals surface area contributed by atoms with E-state index in [1.165, 1.54) is 16.4 Å². The minimum atomic E-state index is 0.273. The number of hydrogen-bond donors (Lipinski definition) is 0. The molecule has 0 radical (unpaired) electrons. The van der Waals surface area contributed by atoms with E-state index in [9.17, 15) is 0 Å². The first-order valence-corrected chi connectivity index (χ1v) is 8.18. The SMILES string of the molecule is C/C=C/[C@]1(C)C(CC)C2CC=C(I)C=C2C1(C)C. The molecule has 0 heterocycles. The van der Waals surface area contributed by atoms with E-state index >= 15 is 0 Å². The fourth-order valence-electron chi connectivity index (χ4n) is 4.29. The lowest BCUT2D eigenvalue weighted by Gasteiger charge is -2.40. The summed E-state index contributed by atoms with van der Waals surface area (Å²) in [5.74, 6) is 1.53. The van der Waals surface area contributed by atoms with Crippen LogP contribution in [0.3, 0.4) is 0 Å². The Bertz CT molecular complexity index is 425. The van der Waals surface area contributed by atoms with Crippen molar-refractivity contribution in [3.8, 4) is 0 Å². The maximum atomic E-state index is 2.47. The van der Waals surface area contributed by atoms with Gasteiger partial charge in [0.2, 0.25) is 0 Å². The zero-order valence-corrected chi connectivity index (χ0v) is 14.4. The monoisotopic (exact) mass is 356 g/mol. The predicted molar refractivity (Wildman–Crippen MR) is 88.8 cm³/mol. The van der Waals surface area contributed by atoms with Gasteiger partial charge in [0.05, 0.1) is 0 Å². The molecule has 0 aromatic heterocycles. The molecule has 0 aromatic rings. The molecule has 0 bridgehead atoms. The van der Waals surface area contributed by atoms with E-state index in [1.54, 1.807) is 5.57 Å². The molecule has 1 fully saturated rings. The molecule has 0 nitrogen and oxygen atoms in total. The fraction of sp³-hybridized carbons (Fsp3) is 0.647. The molecule has 1 heteroatoms. The summed E-state index contributed by atoms with van der Waals surface area (Å²) in [5.41, 5.74) is 2.25. The molecule has 0 amide bonds. The summed E-state index contributed by atoms with van der Waals surface area (Å²) in [6.07, 6.45) is 12.1. The van der Waals surface area contributed by atoms with Crippen molar-refractivity contribution in [3.05, 3.63) is 33.5 Å². The lowest BCUT2D eigenvalue weighted by atomic mass is 9.63. The standard InChI is InChI=1S/C17H25I/c1-6-10-17(5)14(7-2)13-9-8-12(18)11-15(13)16(17,3)4/h6,8,10-11,13-14H,7,9H2,1-5H3/b10-6+/t13?,14?,17-/m1/s1. The Hall–Kier alpha value is -0.0500. The van der Waals surface area contributed by atoms with Crippen molar-refractivity contribution in [1.29, 1.82) is 0 Å². The second-order valence-corrected chi connectivity index (χ2v) is 7.70. The van der Waals surface area contributed by atoms with Crippen LogP contribution in [0.25, 0.3) is 0 Å². The van der Waals surface area contributed by atoms with Crippen LogP contribution in [0.15, 0.2) is 33.5 Å². The maximum Gasteiger partial charge on any atom is 0.00900 e. The molecular weight excluding hydrogens is 331 g/mol. The van der Waals surface area contributed by atoms with Crippen LogP contribution in [0, 0.1) is 22.7 Å². The molecule has 0 spiro atoms. The summed E-state index contributed by atoms with van der Waals surface area (Å²) in [6.45, 7) is 11.9. The van der Waals surface area contributed by atoms with Gasteiger partial charge in [0.25, 0.3) is 0 Å². The average Bonchev–Trinajstić information content (AvgIpc) is 2.46. The van der Waals surface area contributed by atoms with Crippen LogP contribution in [0.4, 0.5) is 0 Å². The number of fused-ring (bicyclic) bond motifs is 1. The van der Waals surface area contributed by atoms with Crippen LogP contribution in [-0.4, -0.2) is 0 Å². The van der Waals surface area contributed by atoms with Gasteiger partial charge in [0.1, 0.15) is 0 Å². The molecule has 18 heavy (non-hydrogen) atoms. The minimum absolute atomic E-state index is 0.273. The van der Waals surface area contributed by atoms with E-state index in [-0.39, 0.29) is 5.41 Å². The molecule has 100 valence electrons. The molecule has 2 aliphatic carbocycles. The molecule has 2 rings (SSSR count). The van der Waals surface area contributed by atoms with Crippen LogP contribution in [0.1, 0.15) is 47.5 Å². The van der Waals surface area contributed by atoms with Crippen molar-refractivity contribution in [2.75, 3.05) is 0 Å². The van der Waals surface area contributed by atoms with Gasteiger partial charge in [-0.1, -0.05) is 57.9 Å². The van der Waals surface area contributed by atoms with E-state index in [0.29, 0.717) is 5.41 Å². The third-order valence-electron chi connectivity index (χ3n) is 5.54.